The molecule has 0 radical (unpaired) electrons. The van der Waals surface area contributed by atoms with Gasteiger partial charge in [0.1, 0.15) is 6.33 Å². The predicted octanol–water partition coefficient (Wildman–Crippen LogP) is 3.25. The first kappa shape index (κ1) is 13.0. The number of halogens is 1. The van der Waals surface area contributed by atoms with Gasteiger partial charge >= 0.3 is 0 Å². The third-order valence-electron chi connectivity index (χ3n) is 3.03. The molecule has 94 valence electrons. The number of benzene rings is 1. The molecule has 0 saturated heterocycles. The maximum atomic E-state index is 6.23. The molecular formula is C14H16ClN3. The zero-order valence-corrected chi connectivity index (χ0v) is 11.1. The summed E-state index contributed by atoms with van der Waals surface area (Å²) in [5.74, 6) is 0.427. The molecule has 0 spiro atoms. The van der Waals surface area contributed by atoms with Gasteiger partial charge in [-0.3, -0.25) is 0 Å². The number of hydrogen-bond donors (Lipinski definition) is 1. The molecule has 0 fully saturated rings. The van der Waals surface area contributed by atoms with Crippen LogP contribution in [0.25, 0.3) is 11.1 Å². The van der Waals surface area contributed by atoms with Gasteiger partial charge in [0.15, 0.2) is 0 Å². The molecule has 18 heavy (non-hydrogen) atoms. The van der Waals surface area contributed by atoms with Gasteiger partial charge in [0.25, 0.3) is 0 Å². The molecule has 1 atom stereocenters. The first-order valence-electron chi connectivity index (χ1n) is 5.97. The summed E-state index contributed by atoms with van der Waals surface area (Å²) in [4.78, 5) is 8.05. The van der Waals surface area contributed by atoms with Gasteiger partial charge in [-0.05, 0) is 36.6 Å². The van der Waals surface area contributed by atoms with Gasteiger partial charge in [-0.2, -0.15) is 0 Å². The molecule has 0 bridgehead atoms. The Morgan fingerprint density at radius 3 is 2.67 bits per heavy atom. The van der Waals surface area contributed by atoms with Gasteiger partial charge < -0.3 is 5.73 Å². The van der Waals surface area contributed by atoms with Crippen molar-refractivity contribution in [2.45, 2.75) is 19.3 Å². The Labute approximate surface area is 112 Å². The number of hydrogen-bond acceptors (Lipinski definition) is 3. The van der Waals surface area contributed by atoms with Crippen molar-refractivity contribution in [3.63, 3.8) is 0 Å². The van der Waals surface area contributed by atoms with Crippen LogP contribution in [0.2, 0.25) is 5.02 Å². The summed E-state index contributed by atoms with van der Waals surface area (Å²) in [7, 11) is 0. The van der Waals surface area contributed by atoms with E-state index in [2.05, 4.69) is 29.0 Å². The third kappa shape index (κ3) is 2.86. The minimum atomic E-state index is 0.427. The average molecular weight is 262 g/mol. The summed E-state index contributed by atoms with van der Waals surface area (Å²) >= 11 is 6.23. The molecule has 0 saturated carbocycles. The molecule has 2 N–H and O–H groups in total. The summed E-state index contributed by atoms with van der Waals surface area (Å²) < 4.78 is 0. The second-order valence-electron chi connectivity index (χ2n) is 4.34. The zero-order valence-electron chi connectivity index (χ0n) is 10.3. The molecule has 1 aromatic carbocycles. The highest BCUT2D eigenvalue weighted by Crippen LogP contribution is 2.31. The van der Waals surface area contributed by atoms with Crippen LogP contribution in [0.1, 0.15) is 24.8 Å². The van der Waals surface area contributed by atoms with Crippen LogP contribution in [0.15, 0.2) is 36.9 Å². The second-order valence-corrected chi connectivity index (χ2v) is 4.75. The van der Waals surface area contributed by atoms with Crippen molar-refractivity contribution in [1.29, 1.82) is 0 Å². The Balaban J connectivity index is 2.39. The Hall–Kier alpha value is -1.45. The van der Waals surface area contributed by atoms with E-state index < -0.39 is 0 Å². The second kappa shape index (κ2) is 5.94. The van der Waals surface area contributed by atoms with Crippen molar-refractivity contribution in [3.05, 3.63) is 47.5 Å². The molecule has 2 rings (SSSR count). The molecule has 3 nitrogen and oxygen atoms in total. The monoisotopic (exact) mass is 261 g/mol. The zero-order chi connectivity index (χ0) is 13.0. The molecule has 1 aromatic heterocycles. The van der Waals surface area contributed by atoms with Crippen LogP contribution in [-0.2, 0) is 0 Å². The lowest BCUT2D eigenvalue weighted by Gasteiger charge is -2.13. The van der Waals surface area contributed by atoms with Gasteiger partial charge in [0.05, 0.1) is 0 Å². The number of rotatable bonds is 4. The highest BCUT2D eigenvalue weighted by molar-refractivity contribution is 6.33. The van der Waals surface area contributed by atoms with Crippen LogP contribution in [0.5, 0.6) is 0 Å². The topological polar surface area (TPSA) is 51.8 Å². The molecule has 1 heterocycles. The lowest BCUT2D eigenvalue weighted by molar-refractivity contribution is 0.690. The van der Waals surface area contributed by atoms with Crippen LogP contribution in [0, 0.1) is 0 Å². The van der Waals surface area contributed by atoms with Crippen molar-refractivity contribution < 1.29 is 0 Å². The van der Waals surface area contributed by atoms with Gasteiger partial charge in [-0.1, -0.05) is 24.6 Å². The molecule has 0 aliphatic rings. The van der Waals surface area contributed by atoms with Crippen molar-refractivity contribution in [2.24, 2.45) is 5.73 Å². The molecule has 0 aliphatic carbocycles. The van der Waals surface area contributed by atoms with Gasteiger partial charge in [-0.25, -0.2) is 9.97 Å². The van der Waals surface area contributed by atoms with E-state index in [-0.39, 0.29) is 0 Å². The SMILES string of the molecule is CC(CCN)c1ccc(Cl)c(-c2cncnc2)c1. The normalized spacial score (nSPS) is 12.4. The van der Waals surface area contributed by atoms with Crippen LogP contribution in [-0.4, -0.2) is 16.5 Å². The predicted molar refractivity (Wildman–Crippen MR) is 74.6 cm³/mol. The Morgan fingerprint density at radius 1 is 1.28 bits per heavy atom. The van der Waals surface area contributed by atoms with Crippen molar-refractivity contribution >= 4 is 11.6 Å². The first-order chi connectivity index (χ1) is 8.72. The number of nitrogens with two attached hydrogens (primary N) is 1. The summed E-state index contributed by atoms with van der Waals surface area (Å²) in [6, 6.07) is 6.07. The quantitative estimate of drug-likeness (QED) is 0.919. The average Bonchev–Trinajstić information content (AvgIpc) is 2.40. The Kier molecular flexibility index (Phi) is 4.28. The molecular weight excluding hydrogens is 246 g/mol. The first-order valence-corrected chi connectivity index (χ1v) is 6.35. The van der Waals surface area contributed by atoms with E-state index in [1.165, 1.54) is 11.9 Å². The molecule has 0 aliphatic heterocycles. The summed E-state index contributed by atoms with van der Waals surface area (Å²) in [5, 5.41) is 0.716. The van der Waals surface area contributed by atoms with Gasteiger partial charge in [0.2, 0.25) is 0 Å². The fraction of sp³-hybridized carbons (Fsp3) is 0.286. The molecule has 1 unspecified atom stereocenters. The molecule has 2 aromatic rings. The Bertz CT molecular complexity index is 514. The highest BCUT2D eigenvalue weighted by Gasteiger charge is 2.09. The molecule has 4 heteroatoms. The van der Waals surface area contributed by atoms with Gasteiger partial charge in [0, 0.05) is 28.5 Å². The third-order valence-corrected chi connectivity index (χ3v) is 3.36. The minimum Gasteiger partial charge on any atom is -0.330 e. The largest absolute Gasteiger partial charge is 0.330 e. The van der Waals surface area contributed by atoms with Crippen molar-refractivity contribution in [1.82, 2.24) is 9.97 Å². The minimum absolute atomic E-state index is 0.427. The van der Waals surface area contributed by atoms with Crippen molar-refractivity contribution in [2.75, 3.05) is 6.54 Å². The van der Waals surface area contributed by atoms with Crippen LogP contribution >= 0.6 is 11.6 Å². The van der Waals surface area contributed by atoms with E-state index in [0.717, 1.165) is 17.5 Å². The van der Waals surface area contributed by atoms with E-state index in [1.807, 2.05) is 6.07 Å². The van der Waals surface area contributed by atoms with Crippen LogP contribution in [0.3, 0.4) is 0 Å². The van der Waals surface area contributed by atoms with E-state index in [0.29, 0.717) is 17.5 Å². The summed E-state index contributed by atoms with van der Waals surface area (Å²) in [5.41, 5.74) is 8.74. The Morgan fingerprint density at radius 2 is 2.00 bits per heavy atom. The van der Waals surface area contributed by atoms with Crippen molar-refractivity contribution in [3.8, 4) is 11.1 Å². The highest BCUT2D eigenvalue weighted by atomic mass is 35.5. The van der Waals surface area contributed by atoms with Crippen LogP contribution < -0.4 is 5.73 Å². The van der Waals surface area contributed by atoms with E-state index in [4.69, 9.17) is 17.3 Å². The lowest BCUT2D eigenvalue weighted by atomic mass is 9.95. The standard InChI is InChI=1S/C14H16ClN3/c1-10(4-5-16)11-2-3-14(15)13(6-11)12-7-17-9-18-8-12/h2-3,6-10H,4-5,16H2,1H3. The maximum Gasteiger partial charge on any atom is 0.115 e. The van der Waals surface area contributed by atoms with Gasteiger partial charge in [-0.15, -0.1) is 0 Å². The van der Waals surface area contributed by atoms with E-state index in [9.17, 15) is 0 Å². The fourth-order valence-electron chi connectivity index (χ4n) is 1.93. The number of nitrogens with zero attached hydrogens (tertiary/aromatic N) is 2. The number of aromatic nitrogens is 2. The van der Waals surface area contributed by atoms with E-state index in [1.54, 1.807) is 12.4 Å². The maximum absolute atomic E-state index is 6.23. The molecule has 0 amide bonds. The lowest BCUT2D eigenvalue weighted by Crippen LogP contribution is -2.04. The fourth-order valence-corrected chi connectivity index (χ4v) is 2.15. The van der Waals surface area contributed by atoms with E-state index >= 15 is 0 Å². The summed E-state index contributed by atoms with van der Waals surface area (Å²) in [6.45, 7) is 2.86. The smallest absolute Gasteiger partial charge is 0.115 e. The summed E-state index contributed by atoms with van der Waals surface area (Å²) in [6.07, 6.45) is 6.02. The van der Waals surface area contributed by atoms with Crippen LogP contribution in [0.4, 0.5) is 0 Å².